The summed E-state index contributed by atoms with van der Waals surface area (Å²) in [5.41, 5.74) is 0. The van der Waals surface area contributed by atoms with Gasteiger partial charge in [-0.15, -0.1) is 0 Å². The highest BCUT2D eigenvalue weighted by atomic mass is 17.2. The Morgan fingerprint density at radius 1 is 0.737 bits per heavy atom. The zero-order chi connectivity index (χ0) is 13.6. The summed E-state index contributed by atoms with van der Waals surface area (Å²) in [5, 5.41) is 0. The molecule has 0 bridgehead atoms. The van der Waals surface area contributed by atoms with E-state index in [-0.39, 0.29) is 0 Å². The van der Waals surface area contributed by atoms with Crippen LogP contribution in [-0.4, -0.2) is 13.2 Å². The molecule has 0 aromatic carbocycles. The molecule has 0 aromatic rings. The SMILES string of the molecule is CCCCOOCC1CCCCCCCCCCC1. The van der Waals surface area contributed by atoms with Crippen LogP contribution in [0.1, 0.15) is 90.4 Å². The van der Waals surface area contributed by atoms with Gasteiger partial charge in [-0.1, -0.05) is 71.1 Å². The van der Waals surface area contributed by atoms with Gasteiger partial charge in [0.05, 0.1) is 13.2 Å². The summed E-state index contributed by atoms with van der Waals surface area (Å²) in [7, 11) is 0. The van der Waals surface area contributed by atoms with Crippen molar-refractivity contribution >= 4 is 0 Å². The third-order valence-electron chi connectivity index (χ3n) is 4.19. The maximum Gasteiger partial charge on any atom is 0.0850 e. The van der Waals surface area contributed by atoms with Gasteiger partial charge in [-0.05, 0) is 25.2 Å². The van der Waals surface area contributed by atoms with Crippen LogP contribution in [0.5, 0.6) is 0 Å². The van der Waals surface area contributed by atoms with Crippen LogP contribution in [0.25, 0.3) is 0 Å². The van der Waals surface area contributed by atoms with Gasteiger partial charge in [-0.3, -0.25) is 0 Å². The number of hydrogen-bond donors (Lipinski definition) is 0. The molecule has 0 atom stereocenters. The van der Waals surface area contributed by atoms with Gasteiger partial charge < -0.3 is 0 Å². The van der Waals surface area contributed by atoms with Gasteiger partial charge in [0.25, 0.3) is 0 Å². The molecule has 1 saturated carbocycles. The van der Waals surface area contributed by atoms with Gasteiger partial charge in [-0.2, -0.15) is 0 Å². The molecule has 2 nitrogen and oxygen atoms in total. The molecule has 1 aliphatic rings. The van der Waals surface area contributed by atoms with Crippen molar-refractivity contribution in [2.45, 2.75) is 90.4 Å². The Labute approximate surface area is 120 Å². The van der Waals surface area contributed by atoms with E-state index in [0.29, 0.717) is 0 Å². The zero-order valence-corrected chi connectivity index (χ0v) is 13.0. The highest BCUT2D eigenvalue weighted by molar-refractivity contribution is 4.61. The molecular formula is C17H34O2. The van der Waals surface area contributed by atoms with E-state index >= 15 is 0 Å². The van der Waals surface area contributed by atoms with Gasteiger partial charge in [0.1, 0.15) is 0 Å². The minimum atomic E-state index is 0.723. The maximum atomic E-state index is 5.40. The highest BCUT2D eigenvalue weighted by Gasteiger charge is 2.10. The summed E-state index contributed by atoms with van der Waals surface area (Å²) in [6, 6.07) is 0. The second-order valence-corrected chi connectivity index (χ2v) is 6.09. The average Bonchev–Trinajstić information content (AvgIpc) is 2.41. The Hall–Kier alpha value is -0.0800. The number of unbranched alkanes of at least 4 members (excludes halogenated alkanes) is 1. The second kappa shape index (κ2) is 12.9. The van der Waals surface area contributed by atoms with E-state index in [4.69, 9.17) is 9.78 Å². The fraction of sp³-hybridized carbons (Fsp3) is 1.00. The Balaban J connectivity index is 2.11. The first kappa shape index (κ1) is 17.0. The summed E-state index contributed by atoms with van der Waals surface area (Å²) in [6.07, 6.45) is 17.7. The van der Waals surface area contributed by atoms with Gasteiger partial charge >= 0.3 is 0 Å². The summed E-state index contributed by atoms with van der Waals surface area (Å²) in [5.74, 6) is 0.723. The van der Waals surface area contributed by atoms with Crippen molar-refractivity contribution in [1.29, 1.82) is 0 Å². The standard InChI is InChI=1S/C17H34O2/c1-2-3-15-18-19-16-17-13-11-9-7-5-4-6-8-10-12-14-17/h17H,2-16H2,1H3. The predicted octanol–water partition coefficient (Wildman–Crippen LogP) is 5.66. The van der Waals surface area contributed by atoms with Gasteiger partial charge in [-0.25, -0.2) is 9.78 Å². The monoisotopic (exact) mass is 270 g/mol. The van der Waals surface area contributed by atoms with Crippen LogP contribution in [0.15, 0.2) is 0 Å². The largest absolute Gasteiger partial charge is 0.237 e. The first-order valence-electron chi connectivity index (χ1n) is 8.68. The van der Waals surface area contributed by atoms with E-state index in [0.717, 1.165) is 25.6 Å². The fourth-order valence-electron chi connectivity index (χ4n) is 2.82. The van der Waals surface area contributed by atoms with Crippen LogP contribution < -0.4 is 0 Å². The summed E-state index contributed by atoms with van der Waals surface area (Å²) < 4.78 is 0. The molecule has 0 aliphatic heterocycles. The molecule has 0 heterocycles. The minimum Gasteiger partial charge on any atom is -0.237 e. The van der Waals surface area contributed by atoms with Crippen molar-refractivity contribution in [3.8, 4) is 0 Å². The molecule has 2 heteroatoms. The molecule has 0 radical (unpaired) electrons. The second-order valence-electron chi connectivity index (χ2n) is 6.09. The zero-order valence-electron chi connectivity index (χ0n) is 13.0. The number of rotatable bonds is 6. The molecule has 0 saturated heterocycles. The van der Waals surface area contributed by atoms with Crippen LogP contribution in [0.3, 0.4) is 0 Å². The fourth-order valence-corrected chi connectivity index (χ4v) is 2.82. The molecule has 0 N–H and O–H groups in total. The van der Waals surface area contributed by atoms with E-state index < -0.39 is 0 Å². The van der Waals surface area contributed by atoms with Crippen molar-refractivity contribution in [3.63, 3.8) is 0 Å². The topological polar surface area (TPSA) is 18.5 Å². The summed E-state index contributed by atoms with van der Waals surface area (Å²) in [6.45, 7) is 3.74. The van der Waals surface area contributed by atoms with Crippen molar-refractivity contribution in [2.75, 3.05) is 13.2 Å². The molecule has 19 heavy (non-hydrogen) atoms. The molecule has 114 valence electrons. The molecule has 0 unspecified atom stereocenters. The van der Waals surface area contributed by atoms with E-state index in [1.807, 2.05) is 0 Å². The minimum absolute atomic E-state index is 0.723. The first-order chi connectivity index (χ1) is 9.43. The van der Waals surface area contributed by atoms with Crippen LogP contribution in [0.2, 0.25) is 0 Å². The lowest BCUT2D eigenvalue weighted by Gasteiger charge is -2.17. The van der Waals surface area contributed by atoms with Crippen LogP contribution >= 0.6 is 0 Å². The Bertz CT molecular complexity index is 170. The molecule has 1 rings (SSSR count). The van der Waals surface area contributed by atoms with E-state index in [1.54, 1.807) is 0 Å². The molecule has 0 spiro atoms. The first-order valence-corrected chi connectivity index (χ1v) is 8.68. The molecule has 1 fully saturated rings. The quantitative estimate of drug-likeness (QED) is 0.352. The maximum absolute atomic E-state index is 5.40. The normalized spacial score (nSPS) is 20.7. The predicted molar refractivity (Wildman–Crippen MR) is 81.1 cm³/mol. The highest BCUT2D eigenvalue weighted by Crippen LogP contribution is 2.21. The van der Waals surface area contributed by atoms with E-state index in [2.05, 4.69) is 6.92 Å². The van der Waals surface area contributed by atoms with Crippen LogP contribution in [0, 0.1) is 5.92 Å². The summed E-state index contributed by atoms with van der Waals surface area (Å²) in [4.78, 5) is 10.6. The van der Waals surface area contributed by atoms with E-state index in [1.165, 1.54) is 77.0 Å². The van der Waals surface area contributed by atoms with Crippen molar-refractivity contribution in [3.05, 3.63) is 0 Å². The Kier molecular flexibility index (Phi) is 11.5. The molecule has 0 aromatic heterocycles. The van der Waals surface area contributed by atoms with Gasteiger partial charge in [0, 0.05) is 0 Å². The molecular weight excluding hydrogens is 236 g/mol. The van der Waals surface area contributed by atoms with Crippen molar-refractivity contribution in [2.24, 2.45) is 5.92 Å². The molecule has 0 amide bonds. The van der Waals surface area contributed by atoms with Crippen molar-refractivity contribution < 1.29 is 9.78 Å². The average molecular weight is 270 g/mol. The van der Waals surface area contributed by atoms with Gasteiger partial charge in [0.15, 0.2) is 0 Å². The third-order valence-corrected chi connectivity index (χ3v) is 4.19. The van der Waals surface area contributed by atoms with Crippen molar-refractivity contribution in [1.82, 2.24) is 0 Å². The summed E-state index contributed by atoms with van der Waals surface area (Å²) >= 11 is 0. The van der Waals surface area contributed by atoms with Gasteiger partial charge in [0.2, 0.25) is 0 Å². The Morgan fingerprint density at radius 3 is 1.79 bits per heavy atom. The van der Waals surface area contributed by atoms with Crippen LogP contribution in [-0.2, 0) is 9.78 Å². The molecule has 1 aliphatic carbocycles. The van der Waals surface area contributed by atoms with E-state index in [9.17, 15) is 0 Å². The Morgan fingerprint density at radius 2 is 1.26 bits per heavy atom. The lowest BCUT2D eigenvalue weighted by atomic mass is 9.93. The third kappa shape index (κ3) is 10.4. The van der Waals surface area contributed by atoms with Crippen LogP contribution in [0.4, 0.5) is 0 Å². The number of hydrogen-bond acceptors (Lipinski definition) is 2. The lowest BCUT2D eigenvalue weighted by Crippen LogP contribution is -2.11. The smallest absolute Gasteiger partial charge is 0.0850 e. The lowest BCUT2D eigenvalue weighted by molar-refractivity contribution is -0.302.